The second kappa shape index (κ2) is 10.1. The van der Waals surface area contributed by atoms with Crippen LogP contribution in [-0.2, 0) is 23.4 Å². The summed E-state index contributed by atoms with van der Waals surface area (Å²) in [6.45, 7) is 14.8. The summed E-state index contributed by atoms with van der Waals surface area (Å²) in [5, 5.41) is 2.30. The van der Waals surface area contributed by atoms with E-state index in [4.69, 9.17) is 18.6 Å². The summed E-state index contributed by atoms with van der Waals surface area (Å²) in [5.74, 6) is 0.818. The predicted octanol–water partition coefficient (Wildman–Crippen LogP) is 5.70. The second-order valence-electron chi connectivity index (χ2n) is 14.5. The Morgan fingerprint density at radius 3 is 2.12 bits per heavy atom. The Bertz CT molecular complexity index is 1170. The molecule has 5 nitrogen and oxygen atoms in total. The van der Waals surface area contributed by atoms with Crippen molar-refractivity contribution < 1.29 is 23.4 Å². The maximum Gasteiger partial charge on any atom is 0.311 e. The molecule has 40 heavy (non-hydrogen) atoms. The van der Waals surface area contributed by atoms with Gasteiger partial charge in [0.25, 0.3) is 8.32 Å². The SMILES string of the molecule is CC1(C)[C@@H]2CC[C@@]1(C)[C@@H]1O[C@@H](OC[C@@H]3C[C@H](CO[Si](c4ccccc4)(c4ccccc4)C(C)(C)C)C(=O)O3)C[C@H]21. The van der Waals surface area contributed by atoms with E-state index in [1.54, 1.807) is 0 Å². The van der Waals surface area contributed by atoms with Crippen LogP contribution in [0.1, 0.15) is 67.2 Å². The van der Waals surface area contributed by atoms with Crippen LogP contribution in [0, 0.1) is 28.6 Å². The minimum Gasteiger partial charge on any atom is -0.460 e. The molecule has 0 N–H and O–H groups in total. The van der Waals surface area contributed by atoms with Crippen LogP contribution in [0.25, 0.3) is 0 Å². The van der Waals surface area contributed by atoms with Crippen molar-refractivity contribution in [2.75, 3.05) is 13.2 Å². The highest BCUT2D eigenvalue weighted by Crippen LogP contribution is 2.71. The summed E-state index contributed by atoms with van der Waals surface area (Å²) in [6.07, 6.45) is 3.94. The first-order chi connectivity index (χ1) is 19.0. The lowest BCUT2D eigenvalue weighted by Crippen LogP contribution is -2.67. The molecular formula is C34H46O5Si. The van der Waals surface area contributed by atoms with E-state index in [1.165, 1.54) is 23.2 Å². The quantitative estimate of drug-likeness (QED) is 0.305. The summed E-state index contributed by atoms with van der Waals surface area (Å²) in [5.41, 5.74) is 0.552. The van der Waals surface area contributed by atoms with Gasteiger partial charge in [0, 0.05) is 19.4 Å². The number of carbonyl (C=O) groups excluding carboxylic acids is 1. The monoisotopic (exact) mass is 562 g/mol. The number of esters is 1. The summed E-state index contributed by atoms with van der Waals surface area (Å²) < 4.78 is 25.6. The Morgan fingerprint density at radius 2 is 1.55 bits per heavy atom. The highest BCUT2D eigenvalue weighted by atomic mass is 28.4. The fourth-order valence-electron chi connectivity index (χ4n) is 8.75. The zero-order valence-corrected chi connectivity index (χ0v) is 26.0. The lowest BCUT2D eigenvalue weighted by molar-refractivity contribution is -0.178. The molecule has 2 aliphatic carbocycles. The zero-order chi connectivity index (χ0) is 28.3. The predicted molar refractivity (Wildman–Crippen MR) is 159 cm³/mol. The number of ether oxygens (including phenoxy) is 3. The topological polar surface area (TPSA) is 54.0 Å². The van der Waals surface area contributed by atoms with Crippen molar-refractivity contribution in [2.24, 2.45) is 28.6 Å². The molecule has 216 valence electrons. The highest BCUT2D eigenvalue weighted by molar-refractivity contribution is 6.99. The molecule has 0 unspecified atom stereocenters. The second-order valence-corrected chi connectivity index (χ2v) is 18.8. The number of carbonyl (C=O) groups is 1. The first-order valence-corrected chi connectivity index (χ1v) is 17.1. The third-order valence-electron chi connectivity index (χ3n) is 11.2. The molecule has 0 aromatic heterocycles. The van der Waals surface area contributed by atoms with Gasteiger partial charge in [-0.05, 0) is 50.9 Å². The van der Waals surface area contributed by atoms with E-state index in [-0.39, 0.29) is 40.8 Å². The third kappa shape index (κ3) is 4.33. The Morgan fingerprint density at radius 1 is 0.925 bits per heavy atom. The molecule has 2 aliphatic heterocycles. The fraction of sp³-hybridized carbons (Fsp3) is 0.618. The van der Waals surface area contributed by atoms with Gasteiger partial charge in [0.2, 0.25) is 0 Å². The van der Waals surface area contributed by atoms with Gasteiger partial charge in [-0.1, -0.05) is 102 Å². The van der Waals surface area contributed by atoms with E-state index in [1.807, 2.05) is 12.1 Å². The van der Waals surface area contributed by atoms with Crippen molar-refractivity contribution in [2.45, 2.75) is 90.8 Å². The third-order valence-corrected chi connectivity index (χ3v) is 16.2. The maximum absolute atomic E-state index is 13.0. The van der Waals surface area contributed by atoms with Gasteiger partial charge in [0.15, 0.2) is 6.29 Å². The maximum atomic E-state index is 13.0. The van der Waals surface area contributed by atoms with Crippen molar-refractivity contribution >= 4 is 24.7 Å². The summed E-state index contributed by atoms with van der Waals surface area (Å²) in [6, 6.07) is 21.1. The van der Waals surface area contributed by atoms with Crippen molar-refractivity contribution in [3.8, 4) is 0 Å². The van der Waals surface area contributed by atoms with E-state index in [2.05, 4.69) is 90.1 Å². The molecule has 4 fully saturated rings. The van der Waals surface area contributed by atoms with Crippen LogP contribution in [0.4, 0.5) is 0 Å². The van der Waals surface area contributed by atoms with Crippen LogP contribution in [0.5, 0.6) is 0 Å². The number of benzene rings is 2. The first-order valence-electron chi connectivity index (χ1n) is 15.2. The Hall–Kier alpha value is -1.99. The minimum absolute atomic E-state index is 0.136. The normalized spacial score (nSPS) is 34.7. The summed E-state index contributed by atoms with van der Waals surface area (Å²) in [4.78, 5) is 13.0. The van der Waals surface area contributed by atoms with Crippen LogP contribution in [0.2, 0.25) is 5.04 Å². The highest BCUT2D eigenvalue weighted by Gasteiger charge is 2.69. The summed E-state index contributed by atoms with van der Waals surface area (Å²) in [7, 11) is -2.71. The van der Waals surface area contributed by atoms with Crippen LogP contribution in [0.3, 0.4) is 0 Å². The first kappa shape index (κ1) is 28.1. The van der Waals surface area contributed by atoms with E-state index in [0.29, 0.717) is 36.9 Å². The standard InChI is InChI=1S/C34H46O5Si/c1-32(2,3)40(25-13-9-7-10-14-25,26-15-11-8-12-16-26)37-21-23-19-24(38-31(23)35)22-36-29-20-27-28-17-18-34(6,30(27)39-29)33(28,4)5/h7-16,23-24,27-30H,17-22H2,1-6H3/t23-,24+,27-,28-,29-,30-,34+/m1/s1. The number of fused-ring (bicyclic) bond motifs is 5. The average molecular weight is 563 g/mol. The van der Waals surface area contributed by atoms with E-state index in [9.17, 15) is 4.79 Å². The molecule has 6 rings (SSSR count). The largest absolute Gasteiger partial charge is 0.460 e. The van der Waals surface area contributed by atoms with Crippen LogP contribution in [0.15, 0.2) is 60.7 Å². The zero-order valence-electron chi connectivity index (χ0n) is 25.0. The number of cyclic esters (lactones) is 1. The molecular weight excluding hydrogens is 516 g/mol. The smallest absolute Gasteiger partial charge is 0.311 e. The molecule has 0 spiro atoms. The van der Waals surface area contributed by atoms with Crippen molar-refractivity contribution in [1.82, 2.24) is 0 Å². The lowest BCUT2D eigenvalue weighted by atomic mass is 9.70. The molecule has 2 heterocycles. The van der Waals surface area contributed by atoms with Crippen LogP contribution in [-0.4, -0.2) is 46.0 Å². The van der Waals surface area contributed by atoms with Gasteiger partial charge in [-0.2, -0.15) is 0 Å². The molecule has 0 radical (unpaired) electrons. The van der Waals surface area contributed by atoms with Gasteiger partial charge in [-0.3, -0.25) is 4.79 Å². The van der Waals surface area contributed by atoms with Gasteiger partial charge >= 0.3 is 5.97 Å². The Balaban J connectivity index is 1.11. The number of rotatable bonds is 8. The van der Waals surface area contributed by atoms with Crippen LogP contribution >= 0.6 is 0 Å². The lowest BCUT2D eigenvalue weighted by Gasteiger charge is -2.43. The van der Waals surface area contributed by atoms with Crippen LogP contribution < -0.4 is 10.4 Å². The molecule has 2 saturated heterocycles. The van der Waals surface area contributed by atoms with Crippen molar-refractivity contribution in [3.05, 3.63) is 60.7 Å². The van der Waals surface area contributed by atoms with Gasteiger partial charge in [0.1, 0.15) is 6.10 Å². The summed E-state index contributed by atoms with van der Waals surface area (Å²) >= 11 is 0. The fourth-order valence-corrected chi connectivity index (χ4v) is 13.4. The molecule has 2 aromatic carbocycles. The number of hydrogen-bond acceptors (Lipinski definition) is 5. The van der Waals surface area contributed by atoms with E-state index >= 15 is 0 Å². The van der Waals surface area contributed by atoms with Crippen molar-refractivity contribution in [3.63, 3.8) is 0 Å². The van der Waals surface area contributed by atoms with Gasteiger partial charge in [-0.15, -0.1) is 0 Å². The van der Waals surface area contributed by atoms with Gasteiger partial charge in [-0.25, -0.2) is 0 Å². The molecule has 4 aliphatic rings. The van der Waals surface area contributed by atoms with E-state index < -0.39 is 8.32 Å². The molecule has 2 saturated carbocycles. The Kier molecular flexibility index (Phi) is 7.09. The van der Waals surface area contributed by atoms with Gasteiger partial charge in [0.05, 0.1) is 18.6 Å². The Labute approximate surface area is 241 Å². The number of hydrogen-bond donors (Lipinski definition) is 0. The molecule has 2 bridgehead atoms. The minimum atomic E-state index is -2.71. The average Bonchev–Trinajstić information content (AvgIpc) is 3.61. The molecule has 6 heteroatoms. The van der Waals surface area contributed by atoms with E-state index in [0.717, 1.165) is 6.42 Å². The van der Waals surface area contributed by atoms with Crippen molar-refractivity contribution in [1.29, 1.82) is 0 Å². The molecule has 7 atom stereocenters. The van der Waals surface area contributed by atoms with Gasteiger partial charge < -0.3 is 18.6 Å². The molecule has 2 aromatic rings. The molecule has 0 amide bonds.